The van der Waals surface area contributed by atoms with Crippen LogP contribution in [0.25, 0.3) is 6.08 Å². The predicted octanol–water partition coefficient (Wildman–Crippen LogP) is 3.55. The molecule has 0 fully saturated rings. The molecule has 0 saturated carbocycles. The number of hydrogen-bond donors (Lipinski definition) is 1. The number of amides is 2. The SMILES string of the molecule is Cc1ccc(/C=C(\C#N)C(=O)Nc2ccc(C(=O)N(C)C)cc2)cc1C. The van der Waals surface area contributed by atoms with Crippen LogP contribution in [-0.2, 0) is 4.79 Å². The van der Waals surface area contributed by atoms with Crippen molar-refractivity contribution in [1.82, 2.24) is 4.90 Å². The molecule has 0 bridgehead atoms. The number of benzene rings is 2. The van der Waals surface area contributed by atoms with Crippen LogP contribution in [0.1, 0.15) is 27.0 Å². The van der Waals surface area contributed by atoms with Gasteiger partial charge in [0.25, 0.3) is 11.8 Å². The van der Waals surface area contributed by atoms with Crippen LogP contribution in [0.3, 0.4) is 0 Å². The molecule has 5 nitrogen and oxygen atoms in total. The molecule has 0 aliphatic heterocycles. The Hall–Kier alpha value is -3.39. The number of nitriles is 1. The molecule has 2 aromatic rings. The number of aryl methyl sites for hydroxylation is 2. The van der Waals surface area contributed by atoms with Gasteiger partial charge in [-0.1, -0.05) is 18.2 Å². The van der Waals surface area contributed by atoms with E-state index in [9.17, 15) is 14.9 Å². The van der Waals surface area contributed by atoms with E-state index in [-0.39, 0.29) is 11.5 Å². The molecule has 0 aliphatic carbocycles. The molecule has 0 heterocycles. The summed E-state index contributed by atoms with van der Waals surface area (Å²) in [5.74, 6) is -0.604. The van der Waals surface area contributed by atoms with E-state index in [4.69, 9.17) is 0 Å². The molecule has 5 heteroatoms. The Balaban J connectivity index is 2.16. The summed E-state index contributed by atoms with van der Waals surface area (Å²) in [6, 6.07) is 14.2. The maximum atomic E-state index is 12.3. The molecule has 2 rings (SSSR count). The Labute approximate surface area is 153 Å². The van der Waals surface area contributed by atoms with E-state index in [0.717, 1.165) is 16.7 Å². The number of nitrogens with zero attached hydrogens (tertiary/aromatic N) is 2. The number of anilines is 1. The van der Waals surface area contributed by atoms with E-state index in [1.807, 2.05) is 38.1 Å². The van der Waals surface area contributed by atoms with Gasteiger partial charge < -0.3 is 10.2 Å². The van der Waals surface area contributed by atoms with Gasteiger partial charge in [0.15, 0.2) is 0 Å². The molecule has 2 aromatic carbocycles. The highest BCUT2D eigenvalue weighted by atomic mass is 16.2. The Morgan fingerprint density at radius 2 is 1.69 bits per heavy atom. The Kier molecular flexibility index (Phi) is 5.92. The van der Waals surface area contributed by atoms with Crippen molar-refractivity contribution in [2.45, 2.75) is 13.8 Å². The van der Waals surface area contributed by atoms with E-state index in [2.05, 4.69) is 5.32 Å². The zero-order valence-electron chi connectivity index (χ0n) is 15.3. The maximum Gasteiger partial charge on any atom is 0.266 e. The number of hydrogen-bond acceptors (Lipinski definition) is 3. The summed E-state index contributed by atoms with van der Waals surface area (Å²) in [5.41, 5.74) is 4.11. The second kappa shape index (κ2) is 8.13. The summed E-state index contributed by atoms with van der Waals surface area (Å²) in [5, 5.41) is 12.0. The molecule has 0 radical (unpaired) electrons. The molecular weight excluding hydrogens is 326 g/mol. The van der Waals surface area contributed by atoms with Gasteiger partial charge in [-0.2, -0.15) is 5.26 Å². The summed E-state index contributed by atoms with van der Waals surface area (Å²) in [4.78, 5) is 25.7. The Morgan fingerprint density at radius 3 is 2.23 bits per heavy atom. The summed E-state index contributed by atoms with van der Waals surface area (Å²) in [6.45, 7) is 3.99. The van der Waals surface area contributed by atoms with E-state index in [1.54, 1.807) is 44.4 Å². The van der Waals surface area contributed by atoms with E-state index in [1.165, 1.54) is 4.90 Å². The second-order valence-electron chi connectivity index (χ2n) is 6.24. The smallest absolute Gasteiger partial charge is 0.266 e. The van der Waals surface area contributed by atoms with Crippen molar-refractivity contribution >= 4 is 23.6 Å². The standard InChI is InChI=1S/C21H21N3O2/c1-14-5-6-16(11-15(14)2)12-18(13-22)20(25)23-19-9-7-17(8-10-19)21(26)24(3)4/h5-12H,1-4H3,(H,23,25)/b18-12+. The topological polar surface area (TPSA) is 73.2 Å². The van der Waals surface area contributed by atoms with Gasteiger partial charge in [0, 0.05) is 25.3 Å². The molecular formula is C21H21N3O2. The van der Waals surface area contributed by atoms with Crippen LogP contribution in [0.4, 0.5) is 5.69 Å². The normalized spacial score (nSPS) is 10.8. The van der Waals surface area contributed by atoms with Crippen LogP contribution in [0, 0.1) is 25.2 Å². The minimum Gasteiger partial charge on any atom is -0.345 e. The Bertz CT molecular complexity index is 904. The van der Waals surface area contributed by atoms with Crippen molar-refractivity contribution in [1.29, 1.82) is 5.26 Å². The van der Waals surface area contributed by atoms with Gasteiger partial charge >= 0.3 is 0 Å². The van der Waals surface area contributed by atoms with Crippen molar-refractivity contribution in [3.05, 3.63) is 70.3 Å². The van der Waals surface area contributed by atoms with Gasteiger partial charge in [-0.15, -0.1) is 0 Å². The lowest BCUT2D eigenvalue weighted by Crippen LogP contribution is -2.21. The Morgan fingerprint density at radius 1 is 1.04 bits per heavy atom. The first-order chi connectivity index (χ1) is 12.3. The van der Waals surface area contributed by atoms with Crippen molar-refractivity contribution in [3.63, 3.8) is 0 Å². The fourth-order valence-corrected chi connectivity index (χ4v) is 2.32. The zero-order chi connectivity index (χ0) is 19.3. The summed E-state index contributed by atoms with van der Waals surface area (Å²) >= 11 is 0. The average Bonchev–Trinajstić information content (AvgIpc) is 2.62. The molecule has 0 aliphatic rings. The first-order valence-electron chi connectivity index (χ1n) is 8.14. The van der Waals surface area contributed by atoms with Crippen molar-refractivity contribution in [3.8, 4) is 6.07 Å². The summed E-state index contributed by atoms with van der Waals surface area (Å²) in [6.07, 6.45) is 1.56. The molecule has 0 spiro atoms. The summed E-state index contributed by atoms with van der Waals surface area (Å²) < 4.78 is 0. The van der Waals surface area contributed by atoms with Crippen molar-refractivity contribution < 1.29 is 9.59 Å². The number of rotatable bonds is 4. The highest BCUT2D eigenvalue weighted by molar-refractivity contribution is 6.09. The third-order valence-electron chi connectivity index (χ3n) is 4.00. The first-order valence-corrected chi connectivity index (χ1v) is 8.14. The number of nitrogens with one attached hydrogen (secondary N) is 1. The van der Waals surface area contributed by atoms with Crippen LogP contribution in [0.2, 0.25) is 0 Å². The van der Waals surface area contributed by atoms with Gasteiger partial charge in [0.2, 0.25) is 0 Å². The molecule has 0 aromatic heterocycles. The van der Waals surface area contributed by atoms with Gasteiger partial charge in [-0.25, -0.2) is 0 Å². The molecule has 26 heavy (non-hydrogen) atoms. The highest BCUT2D eigenvalue weighted by Gasteiger charge is 2.11. The van der Waals surface area contributed by atoms with Gasteiger partial charge in [0.1, 0.15) is 11.6 Å². The van der Waals surface area contributed by atoms with Gasteiger partial charge in [-0.3, -0.25) is 9.59 Å². The second-order valence-corrected chi connectivity index (χ2v) is 6.24. The molecule has 132 valence electrons. The molecule has 1 N–H and O–H groups in total. The summed E-state index contributed by atoms with van der Waals surface area (Å²) in [7, 11) is 3.35. The van der Waals surface area contributed by atoms with Crippen molar-refractivity contribution in [2.24, 2.45) is 0 Å². The quantitative estimate of drug-likeness (QED) is 0.679. The molecule has 2 amide bonds. The largest absolute Gasteiger partial charge is 0.345 e. The minimum atomic E-state index is -0.489. The lowest BCUT2D eigenvalue weighted by Gasteiger charge is -2.11. The van der Waals surface area contributed by atoms with Gasteiger partial charge in [-0.05, 0) is 60.9 Å². The monoisotopic (exact) mass is 347 g/mol. The van der Waals surface area contributed by atoms with Crippen LogP contribution >= 0.6 is 0 Å². The molecule has 0 unspecified atom stereocenters. The van der Waals surface area contributed by atoms with Gasteiger partial charge in [0.05, 0.1) is 0 Å². The fourth-order valence-electron chi connectivity index (χ4n) is 2.32. The number of carbonyl (C=O) groups excluding carboxylic acids is 2. The van der Waals surface area contributed by atoms with E-state index < -0.39 is 5.91 Å². The number of carbonyl (C=O) groups is 2. The lowest BCUT2D eigenvalue weighted by molar-refractivity contribution is -0.112. The lowest BCUT2D eigenvalue weighted by atomic mass is 10.0. The first kappa shape index (κ1) is 18.9. The zero-order valence-corrected chi connectivity index (χ0v) is 15.3. The third-order valence-corrected chi connectivity index (χ3v) is 4.00. The molecule has 0 atom stereocenters. The van der Waals surface area contributed by atoms with Crippen LogP contribution in [0.15, 0.2) is 48.0 Å². The molecule has 0 saturated heterocycles. The highest BCUT2D eigenvalue weighted by Crippen LogP contribution is 2.15. The minimum absolute atomic E-state index is 0.0155. The third kappa shape index (κ3) is 4.58. The average molecular weight is 347 g/mol. The van der Waals surface area contributed by atoms with E-state index in [0.29, 0.717) is 11.3 Å². The fraction of sp³-hybridized carbons (Fsp3) is 0.190. The van der Waals surface area contributed by atoms with Crippen molar-refractivity contribution in [2.75, 3.05) is 19.4 Å². The predicted molar refractivity (Wildman–Crippen MR) is 103 cm³/mol. The van der Waals surface area contributed by atoms with E-state index >= 15 is 0 Å². The van der Waals surface area contributed by atoms with Crippen LogP contribution in [-0.4, -0.2) is 30.8 Å². The van der Waals surface area contributed by atoms with Crippen LogP contribution in [0.5, 0.6) is 0 Å². The van der Waals surface area contributed by atoms with Crippen LogP contribution < -0.4 is 5.32 Å². The maximum absolute atomic E-state index is 12.3.